The van der Waals surface area contributed by atoms with Crippen LogP contribution < -0.4 is 0 Å². The monoisotopic (exact) mass is 332 g/mol. The maximum Gasteiger partial charge on any atom is 4.00 e. The van der Waals surface area contributed by atoms with Crippen molar-refractivity contribution >= 4 is 0 Å². The zero-order valence-corrected chi connectivity index (χ0v) is 12.1. The molecule has 0 unspecified atom stereocenters. The molecule has 0 bridgehead atoms. The van der Waals surface area contributed by atoms with Crippen molar-refractivity contribution in [3.05, 3.63) is 51.1 Å². The van der Waals surface area contributed by atoms with Gasteiger partial charge in [0.2, 0.25) is 0 Å². The predicted octanol–water partition coefficient (Wildman–Crippen LogP) is 3.92. The molecule has 12 heavy (non-hydrogen) atoms. The Bertz CT molecular complexity index is 61.5. The average molecular weight is 331 g/mol. The fourth-order valence-electron chi connectivity index (χ4n) is 0.321. The zero-order valence-electron chi connectivity index (χ0n) is 8.51. The standard InChI is InChI=1S/C5H5.3C2H5.Hf/c1-2-4-5-3-1;3*1-2;/h1-5H;3*1H2,2H3;/q4*-1;+4. The van der Waals surface area contributed by atoms with E-state index < -0.39 is 0 Å². The van der Waals surface area contributed by atoms with Crippen LogP contribution >= 0.6 is 0 Å². The second-order valence-corrected chi connectivity index (χ2v) is 0.962. The van der Waals surface area contributed by atoms with E-state index in [0.29, 0.717) is 0 Å². The summed E-state index contributed by atoms with van der Waals surface area (Å²) in [5.74, 6) is 0. The van der Waals surface area contributed by atoms with E-state index in [4.69, 9.17) is 0 Å². The van der Waals surface area contributed by atoms with E-state index in [1.165, 1.54) is 0 Å². The Morgan fingerprint density at radius 1 is 0.750 bits per heavy atom. The van der Waals surface area contributed by atoms with Crippen molar-refractivity contribution in [1.29, 1.82) is 0 Å². The minimum absolute atomic E-state index is 0. The molecule has 1 aromatic rings. The molecule has 0 N–H and O–H groups in total. The van der Waals surface area contributed by atoms with E-state index in [0.717, 1.165) is 0 Å². The Hall–Kier alpha value is 0.220. The first-order valence-electron chi connectivity index (χ1n) is 3.79. The van der Waals surface area contributed by atoms with Crippen LogP contribution in [0, 0.1) is 20.8 Å². The van der Waals surface area contributed by atoms with Crippen molar-refractivity contribution in [2.75, 3.05) is 0 Å². The molecule has 0 atom stereocenters. The van der Waals surface area contributed by atoms with Gasteiger partial charge in [0.25, 0.3) is 0 Å². The van der Waals surface area contributed by atoms with E-state index in [-0.39, 0.29) is 25.8 Å². The van der Waals surface area contributed by atoms with Crippen LogP contribution in [0.5, 0.6) is 0 Å². The molecule has 0 fully saturated rings. The molecule has 0 aliphatic rings. The van der Waals surface area contributed by atoms with Crippen LogP contribution in [-0.2, 0) is 25.8 Å². The molecule has 1 aromatic carbocycles. The first-order valence-corrected chi connectivity index (χ1v) is 3.79. The van der Waals surface area contributed by atoms with Crippen LogP contribution in [-0.4, -0.2) is 0 Å². The minimum Gasteiger partial charge on any atom is -0.346 e. The van der Waals surface area contributed by atoms with Crippen LogP contribution in [0.25, 0.3) is 0 Å². The van der Waals surface area contributed by atoms with Gasteiger partial charge in [-0.15, -0.1) is 0 Å². The van der Waals surface area contributed by atoms with Crippen molar-refractivity contribution in [2.24, 2.45) is 0 Å². The van der Waals surface area contributed by atoms with Crippen molar-refractivity contribution in [3.63, 3.8) is 0 Å². The summed E-state index contributed by atoms with van der Waals surface area (Å²) in [5.41, 5.74) is 0. The molecule has 0 radical (unpaired) electrons. The van der Waals surface area contributed by atoms with Gasteiger partial charge in [0.05, 0.1) is 0 Å². The van der Waals surface area contributed by atoms with E-state index in [1.807, 2.05) is 30.3 Å². The third-order valence-corrected chi connectivity index (χ3v) is 0.556. The molecule has 0 heterocycles. The van der Waals surface area contributed by atoms with Crippen LogP contribution in [0.4, 0.5) is 0 Å². The second kappa shape index (κ2) is 43.0. The molecule has 0 aromatic heterocycles. The van der Waals surface area contributed by atoms with Gasteiger partial charge >= 0.3 is 25.8 Å². The Morgan fingerprint density at radius 3 is 1.08 bits per heavy atom. The zero-order chi connectivity index (χ0) is 9.54. The molecule has 0 saturated carbocycles. The van der Waals surface area contributed by atoms with Crippen LogP contribution in [0.1, 0.15) is 20.8 Å². The molecule has 0 nitrogen and oxygen atoms in total. The second-order valence-electron chi connectivity index (χ2n) is 0.962. The average Bonchev–Trinajstić information content (AvgIpc) is 2.71. The van der Waals surface area contributed by atoms with Gasteiger partial charge < -0.3 is 20.8 Å². The van der Waals surface area contributed by atoms with Gasteiger partial charge in [0.15, 0.2) is 0 Å². The quantitative estimate of drug-likeness (QED) is 0.499. The van der Waals surface area contributed by atoms with Crippen molar-refractivity contribution < 1.29 is 25.8 Å². The SMILES string of the molecule is [CH2-]C.[CH2-]C.[CH2-]C.[Hf+4].c1cc[cH-]c1. The maximum absolute atomic E-state index is 3.25. The summed E-state index contributed by atoms with van der Waals surface area (Å²) >= 11 is 0. The van der Waals surface area contributed by atoms with E-state index >= 15 is 0 Å². The normalized spacial score (nSPS) is 4.83. The first kappa shape index (κ1) is 22.8. The molecule has 1 heteroatoms. The fraction of sp³-hybridized carbons (Fsp3) is 0.273. The van der Waals surface area contributed by atoms with Gasteiger partial charge in [-0.25, -0.2) is 12.1 Å². The summed E-state index contributed by atoms with van der Waals surface area (Å²) in [4.78, 5) is 0. The van der Waals surface area contributed by atoms with E-state index in [2.05, 4.69) is 20.8 Å². The molecule has 0 aliphatic carbocycles. The molecule has 0 spiro atoms. The molecule has 0 saturated heterocycles. The Balaban J connectivity index is -0.0000000406. The van der Waals surface area contributed by atoms with Crippen LogP contribution in [0.3, 0.4) is 0 Å². The van der Waals surface area contributed by atoms with Crippen molar-refractivity contribution in [2.45, 2.75) is 20.8 Å². The van der Waals surface area contributed by atoms with E-state index in [9.17, 15) is 0 Å². The smallest absolute Gasteiger partial charge is 0.346 e. The Kier molecular flexibility index (Phi) is 81.6. The third-order valence-electron chi connectivity index (χ3n) is 0.556. The minimum atomic E-state index is 0. The van der Waals surface area contributed by atoms with Gasteiger partial charge in [-0.2, -0.15) is 39.0 Å². The van der Waals surface area contributed by atoms with Gasteiger partial charge in [-0.1, -0.05) is 0 Å². The molecule has 68 valence electrons. The largest absolute Gasteiger partial charge is 4.00 e. The van der Waals surface area contributed by atoms with Gasteiger partial charge in [0, 0.05) is 0 Å². The maximum atomic E-state index is 3.25. The van der Waals surface area contributed by atoms with Gasteiger partial charge in [-0.05, 0) is 0 Å². The van der Waals surface area contributed by atoms with Crippen LogP contribution in [0.2, 0.25) is 0 Å². The van der Waals surface area contributed by atoms with Crippen molar-refractivity contribution in [3.8, 4) is 0 Å². The van der Waals surface area contributed by atoms with E-state index in [1.54, 1.807) is 20.8 Å². The summed E-state index contributed by atoms with van der Waals surface area (Å²) in [6, 6.07) is 10.0. The first-order chi connectivity index (χ1) is 5.50. The summed E-state index contributed by atoms with van der Waals surface area (Å²) in [6.45, 7) is 15.0. The number of hydrogen-bond acceptors (Lipinski definition) is 0. The number of hydrogen-bond donors (Lipinski definition) is 0. The Morgan fingerprint density at radius 2 is 1.00 bits per heavy atom. The molecular formula is C11H20Hf. The number of rotatable bonds is 0. The fourth-order valence-corrected chi connectivity index (χ4v) is 0.321. The summed E-state index contributed by atoms with van der Waals surface area (Å²) < 4.78 is 0. The van der Waals surface area contributed by atoms with Gasteiger partial charge in [-0.3, -0.25) is 0 Å². The Labute approximate surface area is 97.5 Å². The van der Waals surface area contributed by atoms with Crippen LogP contribution in [0.15, 0.2) is 30.3 Å². The topological polar surface area (TPSA) is 0 Å². The van der Waals surface area contributed by atoms with Crippen molar-refractivity contribution in [1.82, 2.24) is 0 Å². The summed E-state index contributed by atoms with van der Waals surface area (Å²) in [6.07, 6.45) is 0. The predicted molar refractivity (Wildman–Crippen MR) is 55.1 cm³/mol. The summed E-state index contributed by atoms with van der Waals surface area (Å²) in [5, 5.41) is 0. The molecule has 1 rings (SSSR count). The third kappa shape index (κ3) is 31.9. The van der Waals surface area contributed by atoms with Gasteiger partial charge in [0.1, 0.15) is 0 Å². The molecule has 0 amide bonds. The summed E-state index contributed by atoms with van der Waals surface area (Å²) in [7, 11) is 0. The molecule has 0 aliphatic heterocycles. The molecular weight excluding hydrogens is 311 g/mol.